The number of benzene rings is 6. The smallest absolute Gasteiger partial charge is 0.347 e. The molecule has 0 bridgehead atoms. The number of ether oxygens (including phenoxy) is 2. The van der Waals surface area contributed by atoms with Gasteiger partial charge in [0, 0.05) is 41.2 Å². The van der Waals surface area contributed by atoms with Crippen molar-refractivity contribution < 1.29 is 29.0 Å². The summed E-state index contributed by atoms with van der Waals surface area (Å²) in [6, 6.07) is 47.7. The third kappa shape index (κ3) is 16.4. The summed E-state index contributed by atoms with van der Waals surface area (Å²) in [7, 11) is 1.91. The molecule has 1 aliphatic heterocycles. The van der Waals surface area contributed by atoms with Gasteiger partial charge in [-0.3, -0.25) is 4.79 Å². The van der Waals surface area contributed by atoms with Gasteiger partial charge in [-0.25, -0.2) is 29.6 Å². The van der Waals surface area contributed by atoms with Crippen LogP contribution in [-0.4, -0.2) is 71.2 Å². The number of nitrogens with zero attached hydrogens (tertiary/aromatic N) is 4. The number of anilines is 6. The summed E-state index contributed by atoms with van der Waals surface area (Å²) >= 11 is 0. The summed E-state index contributed by atoms with van der Waals surface area (Å²) in [6.07, 6.45) is 13.2. The van der Waals surface area contributed by atoms with Crippen LogP contribution < -0.4 is 21.3 Å². The maximum absolute atomic E-state index is 11.6. The van der Waals surface area contributed by atoms with E-state index in [1.54, 1.807) is 12.1 Å². The summed E-state index contributed by atoms with van der Waals surface area (Å²) in [5, 5.41) is 21.8. The molecule has 3 unspecified atom stereocenters. The van der Waals surface area contributed by atoms with E-state index in [1.165, 1.54) is 31.9 Å². The zero-order valence-corrected chi connectivity index (χ0v) is 42.0. The maximum Gasteiger partial charge on any atom is 0.347 e. The van der Waals surface area contributed by atoms with E-state index >= 15 is 0 Å². The first-order chi connectivity index (χ1) is 35.7. The third-order valence-electron chi connectivity index (χ3n) is 11.1. The number of aryl methyl sites for hydroxylation is 2. The van der Waals surface area contributed by atoms with E-state index in [0.717, 1.165) is 74.0 Å². The van der Waals surface area contributed by atoms with Crippen LogP contribution in [-0.2, 0) is 23.9 Å². The van der Waals surface area contributed by atoms with Crippen LogP contribution in [0.1, 0.15) is 31.9 Å². The predicted molar refractivity (Wildman–Crippen MR) is 301 cm³/mol. The van der Waals surface area contributed by atoms with Gasteiger partial charge in [-0.2, -0.15) is 0 Å². The fourth-order valence-corrected chi connectivity index (χ4v) is 6.85. The molecule has 0 aromatic heterocycles. The fraction of sp³-hybridized carbons (Fsp3) is 0.150. The van der Waals surface area contributed by atoms with Crippen LogP contribution >= 0.6 is 0 Å². The zero-order valence-electron chi connectivity index (χ0n) is 42.0. The Morgan fingerprint density at radius 3 is 0.986 bits per heavy atom. The number of aliphatic hydroxyl groups excluding tert-OH is 1. The Kier molecular flexibility index (Phi) is 18.3. The third-order valence-corrected chi connectivity index (χ3v) is 11.1. The van der Waals surface area contributed by atoms with Gasteiger partial charge < -0.3 is 35.8 Å². The molecule has 374 valence electrons. The summed E-state index contributed by atoms with van der Waals surface area (Å²) < 4.78 is 9.19. The van der Waals surface area contributed by atoms with E-state index < -0.39 is 36.2 Å². The van der Waals surface area contributed by atoms with Gasteiger partial charge in [-0.05, 0) is 205 Å². The fourth-order valence-electron chi connectivity index (χ4n) is 6.85. The number of aliphatic hydroxyl groups is 1. The number of carbonyl (C=O) groups excluding carboxylic acids is 3. The van der Waals surface area contributed by atoms with Crippen LogP contribution in [0.15, 0.2) is 214 Å². The topological polar surface area (TPSA) is 187 Å². The van der Waals surface area contributed by atoms with Crippen molar-refractivity contribution in [2.45, 2.75) is 52.9 Å². The molecule has 3 aliphatic rings. The lowest BCUT2D eigenvalue weighted by Crippen LogP contribution is -2.40. The predicted octanol–water partition coefficient (Wildman–Crippen LogP) is 12.6. The SMILES string of the molecule is CC1OC(=O)C(C)OC1=O.CNc1ccc(Nc2ccc(N=C3C=CC(=Nc4ccc(C)cc4)C=C3)cc2)cc1.Cc1ccc(N=C2C=CC(=Nc3ccc(Nc4ccc(NC(=O)C(C)O)cc4)cc3)C=C2)cc1. The molecule has 5 N–H and O–H groups in total. The molecule has 0 spiro atoms. The number of allylic oxidation sites excluding steroid dienone is 8. The van der Waals surface area contributed by atoms with Crippen molar-refractivity contribution in [3.05, 3.63) is 205 Å². The molecule has 3 atom stereocenters. The lowest BCUT2D eigenvalue weighted by atomic mass is 10.1. The molecule has 1 heterocycles. The van der Waals surface area contributed by atoms with Gasteiger partial charge in [0.25, 0.3) is 5.91 Å². The van der Waals surface area contributed by atoms with Gasteiger partial charge in [0.1, 0.15) is 6.10 Å². The average Bonchev–Trinajstić information content (AvgIpc) is 3.40. The minimum Gasteiger partial charge on any atom is -0.448 e. The van der Waals surface area contributed by atoms with Crippen molar-refractivity contribution in [3.8, 4) is 0 Å². The highest BCUT2D eigenvalue weighted by atomic mass is 16.6. The molecule has 1 amide bonds. The lowest BCUT2D eigenvalue weighted by molar-refractivity contribution is -0.191. The number of aliphatic imine (C=N–C) groups is 4. The minimum absolute atomic E-state index is 0.435. The standard InChI is InChI=1S/C28H26N4O2.C26H24N4.C6H8O4/c1-19-3-5-21(6-4-19)29-22-7-9-23(10-8-22)30-24-11-13-25(14-12-24)31-26-15-17-27(18-16-26)32-28(34)20(2)33;1-19-3-5-21(6-4-19)28-23-11-13-25(14-12-23)30-26-17-15-24(16-18-26)29-22-9-7-20(27-2)8-10-22;1-3-5(7)10-4(2)6(8)9-3/h3-18,20,31,33H,1-2H3,(H,32,34);3-18,27,29H,1-2H3;3-4H,1-2H3. The molecular weight excluding hydrogens is 929 g/mol. The monoisotopic (exact) mass is 986 g/mol. The number of hydrogen-bond acceptors (Lipinski definition) is 13. The number of hydrogen-bond donors (Lipinski definition) is 5. The van der Waals surface area contributed by atoms with Crippen LogP contribution in [0.3, 0.4) is 0 Å². The molecule has 14 nitrogen and oxygen atoms in total. The second kappa shape index (κ2) is 25.7. The van der Waals surface area contributed by atoms with Crippen LogP contribution in [0.5, 0.6) is 0 Å². The molecule has 6 aromatic rings. The summed E-state index contributed by atoms with van der Waals surface area (Å²) in [5.74, 6) is -1.39. The second-order valence-electron chi connectivity index (χ2n) is 17.2. The van der Waals surface area contributed by atoms with Gasteiger partial charge in [-0.15, -0.1) is 0 Å². The molecule has 0 radical (unpaired) electrons. The van der Waals surface area contributed by atoms with Crippen LogP contribution in [0, 0.1) is 13.8 Å². The summed E-state index contributed by atoms with van der Waals surface area (Å²) in [5.41, 5.74) is 15.3. The second-order valence-corrected chi connectivity index (χ2v) is 17.2. The van der Waals surface area contributed by atoms with Crippen LogP contribution in [0.4, 0.5) is 56.9 Å². The number of carbonyl (C=O) groups is 3. The first-order valence-corrected chi connectivity index (χ1v) is 24.0. The highest BCUT2D eigenvalue weighted by Crippen LogP contribution is 2.25. The van der Waals surface area contributed by atoms with Gasteiger partial charge >= 0.3 is 11.9 Å². The molecule has 1 fully saturated rings. The van der Waals surface area contributed by atoms with Gasteiger partial charge in [-0.1, -0.05) is 35.4 Å². The summed E-state index contributed by atoms with van der Waals surface area (Å²) in [6.45, 7) is 8.52. The Labute approximate surface area is 431 Å². The van der Waals surface area contributed by atoms with E-state index in [9.17, 15) is 19.5 Å². The Hall–Kier alpha value is -9.27. The average molecular weight is 987 g/mol. The number of amides is 1. The van der Waals surface area contributed by atoms with Crippen molar-refractivity contribution >= 4 is 97.6 Å². The van der Waals surface area contributed by atoms with Crippen LogP contribution in [0.2, 0.25) is 0 Å². The molecule has 0 saturated carbocycles. The van der Waals surface area contributed by atoms with E-state index in [-0.39, 0.29) is 0 Å². The number of nitrogens with one attached hydrogen (secondary N) is 4. The zero-order chi connectivity index (χ0) is 52.4. The van der Waals surface area contributed by atoms with E-state index in [1.807, 2.05) is 165 Å². The maximum atomic E-state index is 11.6. The Morgan fingerprint density at radius 2 is 0.703 bits per heavy atom. The van der Waals surface area contributed by atoms with Gasteiger partial charge in [0.05, 0.1) is 45.6 Å². The van der Waals surface area contributed by atoms with E-state index in [2.05, 4.69) is 83.8 Å². The molecule has 6 aromatic carbocycles. The van der Waals surface area contributed by atoms with Crippen molar-refractivity contribution in [1.82, 2.24) is 0 Å². The Balaban J connectivity index is 0.000000183. The van der Waals surface area contributed by atoms with Crippen molar-refractivity contribution in [2.24, 2.45) is 20.0 Å². The molecular formula is C60H58N8O6. The Bertz CT molecular complexity index is 3100. The molecule has 74 heavy (non-hydrogen) atoms. The largest absolute Gasteiger partial charge is 0.448 e. The molecule has 14 heteroatoms. The van der Waals surface area contributed by atoms with Crippen LogP contribution in [0.25, 0.3) is 0 Å². The highest BCUT2D eigenvalue weighted by molar-refractivity contribution is 6.20. The normalized spacial score (nSPS) is 15.7. The molecule has 2 aliphatic carbocycles. The number of rotatable bonds is 11. The van der Waals surface area contributed by atoms with Gasteiger partial charge in [0.15, 0.2) is 12.2 Å². The first-order valence-electron chi connectivity index (χ1n) is 24.0. The van der Waals surface area contributed by atoms with Gasteiger partial charge in [0.2, 0.25) is 0 Å². The van der Waals surface area contributed by atoms with E-state index in [4.69, 9.17) is 4.99 Å². The first kappa shape index (κ1) is 52.6. The quantitative estimate of drug-likeness (QED) is 0.0622. The Morgan fingerprint density at radius 1 is 0.446 bits per heavy atom. The highest BCUT2D eigenvalue weighted by Gasteiger charge is 2.32. The number of cyclic esters (lactones) is 2. The molecule has 9 rings (SSSR count). The van der Waals surface area contributed by atoms with Crippen molar-refractivity contribution in [3.63, 3.8) is 0 Å². The van der Waals surface area contributed by atoms with Crippen molar-refractivity contribution in [2.75, 3.05) is 28.3 Å². The molecule has 1 saturated heterocycles. The van der Waals surface area contributed by atoms with E-state index in [0.29, 0.717) is 5.69 Å². The van der Waals surface area contributed by atoms with Crippen molar-refractivity contribution in [1.29, 1.82) is 0 Å². The lowest BCUT2D eigenvalue weighted by Gasteiger charge is -2.22. The minimum atomic E-state index is -1.05. The summed E-state index contributed by atoms with van der Waals surface area (Å²) in [4.78, 5) is 51.5. The number of esters is 2.